The molecule has 0 saturated heterocycles. The molecule has 1 saturated carbocycles. The third kappa shape index (κ3) is 3.72. The lowest BCUT2D eigenvalue weighted by Crippen LogP contribution is -2.32. The molecule has 20 heavy (non-hydrogen) atoms. The first-order valence-corrected chi connectivity index (χ1v) is 7.14. The van der Waals surface area contributed by atoms with Gasteiger partial charge in [0, 0.05) is 11.5 Å². The van der Waals surface area contributed by atoms with Crippen LogP contribution in [0.25, 0.3) is 0 Å². The van der Waals surface area contributed by atoms with Gasteiger partial charge in [-0.3, -0.25) is 9.59 Å². The number of ether oxygens (including phenoxy) is 1. The molecule has 1 amide bonds. The Hall–Kier alpha value is -1.56. The zero-order valence-electron chi connectivity index (χ0n) is 11.1. The number of nitrogens with zero attached hydrogens (tertiary/aromatic N) is 1. The number of likely N-dealkylation sites (N-methyl/N-ethyl adjacent to an activating group) is 1. The van der Waals surface area contributed by atoms with Gasteiger partial charge in [0.25, 0.3) is 0 Å². The highest BCUT2D eigenvalue weighted by Crippen LogP contribution is 2.39. The van der Waals surface area contributed by atoms with Gasteiger partial charge in [0.1, 0.15) is 12.4 Å². The van der Waals surface area contributed by atoms with Crippen LogP contribution in [-0.2, 0) is 9.59 Å². The van der Waals surface area contributed by atoms with Crippen LogP contribution in [0.15, 0.2) is 28.7 Å². The molecule has 5 nitrogen and oxygen atoms in total. The van der Waals surface area contributed by atoms with Crippen molar-refractivity contribution >= 4 is 27.8 Å². The van der Waals surface area contributed by atoms with E-state index < -0.39 is 11.9 Å². The fraction of sp³-hybridized carbons (Fsp3) is 0.429. The Morgan fingerprint density at radius 3 is 2.55 bits per heavy atom. The van der Waals surface area contributed by atoms with E-state index in [9.17, 15) is 9.59 Å². The summed E-state index contributed by atoms with van der Waals surface area (Å²) < 4.78 is 6.50. The quantitative estimate of drug-likeness (QED) is 0.859. The van der Waals surface area contributed by atoms with Gasteiger partial charge < -0.3 is 14.7 Å². The fourth-order valence-corrected chi connectivity index (χ4v) is 2.23. The molecule has 1 aromatic carbocycles. The van der Waals surface area contributed by atoms with Gasteiger partial charge in [-0.25, -0.2) is 0 Å². The predicted octanol–water partition coefficient (Wildman–Crippen LogP) is 2.01. The molecule has 1 aliphatic carbocycles. The molecule has 1 fully saturated rings. The Kier molecular flexibility index (Phi) is 4.65. The standard InChI is InChI=1S/C14H16BrNO4/c1-16(13(17)11-8-12(11)14(18)19)6-7-20-10-4-2-9(15)3-5-10/h2-5,11-12H,6-8H2,1H3,(H,18,19). The van der Waals surface area contributed by atoms with E-state index in [1.54, 1.807) is 7.05 Å². The number of benzene rings is 1. The number of aliphatic carboxylic acids is 1. The van der Waals surface area contributed by atoms with Crippen molar-refractivity contribution in [2.45, 2.75) is 6.42 Å². The molecule has 0 spiro atoms. The molecule has 0 aromatic heterocycles. The van der Waals surface area contributed by atoms with Crippen LogP contribution >= 0.6 is 15.9 Å². The van der Waals surface area contributed by atoms with E-state index in [0.29, 0.717) is 19.6 Å². The largest absolute Gasteiger partial charge is 0.492 e. The van der Waals surface area contributed by atoms with Crippen LogP contribution in [0.2, 0.25) is 0 Å². The molecular formula is C14H16BrNO4. The van der Waals surface area contributed by atoms with Crippen molar-refractivity contribution in [3.63, 3.8) is 0 Å². The highest BCUT2D eigenvalue weighted by Gasteiger charge is 2.49. The normalized spacial score (nSPS) is 20.3. The van der Waals surface area contributed by atoms with Crippen molar-refractivity contribution in [1.82, 2.24) is 4.90 Å². The summed E-state index contributed by atoms with van der Waals surface area (Å²) >= 11 is 3.34. The zero-order valence-corrected chi connectivity index (χ0v) is 12.7. The van der Waals surface area contributed by atoms with E-state index in [1.165, 1.54) is 4.90 Å². The molecule has 1 aromatic rings. The van der Waals surface area contributed by atoms with Gasteiger partial charge in [0.05, 0.1) is 18.4 Å². The summed E-state index contributed by atoms with van der Waals surface area (Å²) in [5.74, 6) is -1.12. The number of hydrogen-bond donors (Lipinski definition) is 1. The second kappa shape index (κ2) is 6.26. The number of carbonyl (C=O) groups is 2. The van der Waals surface area contributed by atoms with E-state index in [4.69, 9.17) is 9.84 Å². The fourth-order valence-electron chi connectivity index (χ4n) is 1.97. The summed E-state index contributed by atoms with van der Waals surface area (Å²) in [7, 11) is 1.67. The number of rotatable bonds is 6. The number of amides is 1. The van der Waals surface area contributed by atoms with Crippen LogP contribution in [0.3, 0.4) is 0 Å². The lowest BCUT2D eigenvalue weighted by atomic mass is 10.3. The number of carbonyl (C=O) groups excluding carboxylic acids is 1. The smallest absolute Gasteiger partial charge is 0.307 e. The van der Waals surface area contributed by atoms with Gasteiger partial charge in [-0.1, -0.05) is 15.9 Å². The van der Waals surface area contributed by atoms with Crippen molar-refractivity contribution in [1.29, 1.82) is 0 Å². The first-order valence-electron chi connectivity index (χ1n) is 6.35. The summed E-state index contributed by atoms with van der Waals surface area (Å²) in [6.07, 6.45) is 0.450. The number of hydrogen-bond acceptors (Lipinski definition) is 3. The number of carboxylic acid groups (broad SMARTS) is 1. The van der Waals surface area contributed by atoms with Crippen LogP contribution in [0.4, 0.5) is 0 Å². The highest BCUT2D eigenvalue weighted by atomic mass is 79.9. The van der Waals surface area contributed by atoms with Crippen molar-refractivity contribution in [2.75, 3.05) is 20.2 Å². The molecule has 0 aliphatic heterocycles. The molecule has 108 valence electrons. The third-order valence-electron chi connectivity index (χ3n) is 3.31. The molecular weight excluding hydrogens is 326 g/mol. The average Bonchev–Trinajstić information content (AvgIpc) is 3.20. The summed E-state index contributed by atoms with van der Waals surface area (Å²) in [5, 5.41) is 8.80. The molecule has 0 bridgehead atoms. The summed E-state index contributed by atoms with van der Waals surface area (Å²) in [5.41, 5.74) is 0. The highest BCUT2D eigenvalue weighted by molar-refractivity contribution is 9.10. The first kappa shape index (κ1) is 14.8. The second-order valence-corrected chi connectivity index (χ2v) is 5.76. The minimum atomic E-state index is -0.886. The maximum Gasteiger partial charge on any atom is 0.307 e. The SMILES string of the molecule is CN(CCOc1ccc(Br)cc1)C(=O)C1CC1C(=O)O. The minimum Gasteiger partial charge on any atom is -0.492 e. The Morgan fingerprint density at radius 2 is 2.00 bits per heavy atom. The topological polar surface area (TPSA) is 66.8 Å². The maximum absolute atomic E-state index is 11.9. The molecule has 1 aliphatic rings. The zero-order chi connectivity index (χ0) is 14.7. The van der Waals surface area contributed by atoms with E-state index in [-0.39, 0.29) is 11.8 Å². The lowest BCUT2D eigenvalue weighted by Gasteiger charge is -2.17. The van der Waals surface area contributed by atoms with Gasteiger partial charge in [-0.15, -0.1) is 0 Å². The van der Waals surface area contributed by atoms with Crippen molar-refractivity contribution in [3.05, 3.63) is 28.7 Å². The van der Waals surface area contributed by atoms with Crippen LogP contribution < -0.4 is 4.74 Å². The third-order valence-corrected chi connectivity index (χ3v) is 3.84. The van der Waals surface area contributed by atoms with Crippen LogP contribution in [0.1, 0.15) is 6.42 Å². The van der Waals surface area contributed by atoms with Gasteiger partial charge in [-0.05, 0) is 30.7 Å². The van der Waals surface area contributed by atoms with Gasteiger partial charge in [0.2, 0.25) is 5.91 Å². The second-order valence-electron chi connectivity index (χ2n) is 4.85. The predicted molar refractivity (Wildman–Crippen MR) is 76.5 cm³/mol. The number of carboxylic acids is 1. The Bertz CT molecular complexity index is 502. The maximum atomic E-state index is 11.9. The van der Waals surface area contributed by atoms with Crippen molar-refractivity contribution in [3.8, 4) is 5.75 Å². The van der Waals surface area contributed by atoms with E-state index >= 15 is 0 Å². The molecule has 2 atom stereocenters. The Morgan fingerprint density at radius 1 is 1.35 bits per heavy atom. The summed E-state index contributed by atoms with van der Waals surface area (Å²) in [6, 6.07) is 7.44. The van der Waals surface area contributed by atoms with Crippen LogP contribution in [-0.4, -0.2) is 42.1 Å². The summed E-state index contributed by atoms with van der Waals surface area (Å²) in [6.45, 7) is 0.825. The van der Waals surface area contributed by atoms with Gasteiger partial charge in [-0.2, -0.15) is 0 Å². The van der Waals surface area contributed by atoms with Gasteiger partial charge >= 0.3 is 5.97 Å². The van der Waals surface area contributed by atoms with Crippen molar-refractivity contribution < 1.29 is 19.4 Å². The van der Waals surface area contributed by atoms with Crippen LogP contribution in [0.5, 0.6) is 5.75 Å². The molecule has 2 unspecified atom stereocenters. The molecule has 2 rings (SSSR count). The Balaban J connectivity index is 1.73. The van der Waals surface area contributed by atoms with Crippen LogP contribution in [0, 0.1) is 11.8 Å². The van der Waals surface area contributed by atoms with E-state index in [1.807, 2.05) is 24.3 Å². The Labute approximate surface area is 125 Å². The minimum absolute atomic E-state index is 0.114. The summed E-state index contributed by atoms with van der Waals surface area (Å²) in [4.78, 5) is 24.2. The monoisotopic (exact) mass is 341 g/mol. The number of halogens is 1. The molecule has 6 heteroatoms. The molecule has 0 heterocycles. The first-order chi connectivity index (χ1) is 9.49. The lowest BCUT2D eigenvalue weighted by molar-refractivity contribution is -0.141. The van der Waals surface area contributed by atoms with E-state index in [0.717, 1.165) is 10.2 Å². The van der Waals surface area contributed by atoms with Gasteiger partial charge in [0.15, 0.2) is 0 Å². The van der Waals surface area contributed by atoms with E-state index in [2.05, 4.69) is 15.9 Å². The average molecular weight is 342 g/mol. The molecule has 0 radical (unpaired) electrons. The van der Waals surface area contributed by atoms with Crippen molar-refractivity contribution in [2.24, 2.45) is 11.8 Å². The molecule has 1 N–H and O–H groups in total.